The first-order chi connectivity index (χ1) is 13.2. The average molecular weight is 424 g/mol. The SMILES string of the molecule is CC(C)(C)C(=O)OCOC(=O)CCC(N=O)c1ccc(-c2ccc(Cl)s2)cc1. The Morgan fingerprint density at radius 1 is 1.11 bits per heavy atom. The minimum Gasteiger partial charge on any atom is -0.428 e. The van der Waals surface area contributed by atoms with Gasteiger partial charge in [0.15, 0.2) is 0 Å². The molecule has 1 atom stereocenters. The van der Waals surface area contributed by atoms with Gasteiger partial charge < -0.3 is 9.47 Å². The first-order valence-electron chi connectivity index (χ1n) is 8.71. The van der Waals surface area contributed by atoms with Crippen LogP contribution in [0.2, 0.25) is 4.34 Å². The zero-order valence-electron chi connectivity index (χ0n) is 15.9. The van der Waals surface area contributed by atoms with Crippen molar-refractivity contribution in [3.63, 3.8) is 0 Å². The van der Waals surface area contributed by atoms with E-state index in [1.165, 1.54) is 11.3 Å². The van der Waals surface area contributed by atoms with Gasteiger partial charge in [-0.2, -0.15) is 4.91 Å². The van der Waals surface area contributed by atoms with Crippen LogP contribution in [0.3, 0.4) is 0 Å². The van der Waals surface area contributed by atoms with Crippen molar-refractivity contribution in [1.82, 2.24) is 0 Å². The van der Waals surface area contributed by atoms with E-state index in [1.807, 2.05) is 36.4 Å². The molecular weight excluding hydrogens is 402 g/mol. The van der Waals surface area contributed by atoms with Crippen molar-refractivity contribution in [3.8, 4) is 10.4 Å². The fourth-order valence-corrected chi connectivity index (χ4v) is 3.36. The number of halogens is 1. The number of carbonyl (C=O) groups excluding carboxylic acids is 2. The first kappa shape index (κ1) is 22.0. The van der Waals surface area contributed by atoms with E-state index >= 15 is 0 Å². The maximum Gasteiger partial charge on any atom is 0.314 e. The number of benzene rings is 1. The smallest absolute Gasteiger partial charge is 0.314 e. The third-order valence-electron chi connectivity index (χ3n) is 3.92. The molecule has 8 heteroatoms. The second-order valence-electron chi connectivity index (χ2n) is 7.20. The van der Waals surface area contributed by atoms with Gasteiger partial charge in [-0.1, -0.05) is 41.0 Å². The van der Waals surface area contributed by atoms with Gasteiger partial charge in [0.05, 0.1) is 9.75 Å². The molecule has 150 valence electrons. The highest BCUT2D eigenvalue weighted by Crippen LogP contribution is 2.32. The van der Waals surface area contributed by atoms with Crippen LogP contribution in [-0.2, 0) is 19.1 Å². The van der Waals surface area contributed by atoms with Crippen molar-refractivity contribution >= 4 is 34.9 Å². The number of hydrogen-bond acceptors (Lipinski definition) is 7. The Bertz CT molecular complexity index is 826. The van der Waals surface area contributed by atoms with Gasteiger partial charge in [-0.15, -0.1) is 11.3 Å². The molecule has 0 aliphatic heterocycles. The number of rotatable bonds is 8. The van der Waals surface area contributed by atoms with E-state index in [0.717, 1.165) is 10.4 Å². The van der Waals surface area contributed by atoms with Crippen molar-refractivity contribution < 1.29 is 19.1 Å². The number of thiophene rings is 1. The summed E-state index contributed by atoms with van der Waals surface area (Å²) in [7, 11) is 0. The molecule has 1 aromatic heterocycles. The lowest BCUT2D eigenvalue weighted by atomic mass is 9.98. The minimum absolute atomic E-state index is 0.00818. The molecule has 0 aliphatic rings. The topological polar surface area (TPSA) is 82.0 Å². The monoisotopic (exact) mass is 423 g/mol. The van der Waals surface area contributed by atoms with E-state index in [-0.39, 0.29) is 12.8 Å². The van der Waals surface area contributed by atoms with Gasteiger partial charge in [-0.05, 0) is 50.5 Å². The fourth-order valence-electron chi connectivity index (χ4n) is 2.31. The zero-order valence-corrected chi connectivity index (χ0v) is 17.5. The summed E-state index contributed by atoms with van der Waals surface area (Å²) < 4.78 is 10.5. The number of ether oxygens (including phenoxy) is 2. The molecule has 2 rings (SSSR count). The fraction of sp³-hybridized carbons (Fsp3) is 0.400. The van der Waals surface area contributed by atoms with E-state index in [9.17, 15) is 14.5 Å². The molecule has 28 heavy (non-hydrogen) atoms. The molecule has 0 saturated carbocycles. The van der Waals surface area contributed by atoms with Gasteiger partial charge in [0, 0.05) is 11.3 Å². The molecular formula is C20H22ClNO5S. The minimum atomic E-state index is -0.667. The largest absolute Gasteiger partial charge is 0.428 e. The summed E-state index contributed by atoms with van der Waals surface area (Å²) >= 11 is 7.42. The normalized spacial score (nSPS) is 12.3. The van der Waals surface area contributed by atoms with Crippen molar-refractivity contribution in [2.45, 2.75) is 39.7 Å². The first-order valence-corrected chi connectivity index (χ1v) is 9.91. The zero-order chi connectivity index (χ0) is 20.7. The number of nitroso groups, excluding NO2 is 1. The predicted octanol–water partition coefficient (Wildman–Crippen LogP) is 5.75. The molecule has 0 amide bonds. The Morgan fingerprint density at radius 2 is 1.79 bits per heavy atom. The summed E-state index contributed by atoms with van der Waals surface area (Å²) in [6.07, 6.45) is 0.200. The molecule has 0 spiro atoms. The van der Waals surface area contributed by atoms with E-state index in [1.54, 1.807) is 20.8 Å². The standard InChI is InChI=1S/C20H22ClNO5S/c1-20(2,3)19(24)27-12-26-18(23)11-8-15(22-25)13-4-6-14(7-5-13)16-9-10-17(21)28-16/h4-7,9-10,15H,8,11-12H2,1-3H3. The highest BCUT2D eigenvalue weighted by molar-refractivity contribution is 7.19. The molecule has 1 heterocycles. The summed E-state index contributed by atoms with van der Waals surface area (Å²) in [5.74, 6) is -1.01. The van der Waals surface area contributed by atoms with E-state index in [2.05, 4.69) is 5.18 Å². The van der Waals surface area contributed by atoms with Crippen molar-refractivity contribution in [2.24, 2.45) is 10.6 Å². The lowest BCUT2D eigenvalue weighted by Crippen LogP contribution is -2.24. The van der Waals surface area contributed by atoms with Crippen LogP contribution in [0.5, 0.6) is 0 Å². The van der Waals surface area contributed by atoms with Gasteiger partial charge in [-0.3, -0.25) is 9.59 Å². The summed E-state index contributed by atoms with van der Waals surface area (Å²) in [5, 5.41) is 3.12. The molecule has 2 aromatic rings. The van der Waals surface area contributed by atoms with E-state index in [0.29, 0.717) is 9.90 Å². The Balaban J connectivity index is 1.84. The van der Waals surface area contributed by atoms with Gasteiger partial charge in [0.25, 0.3) is 0 Å². The number of hydrogen-bond donors (Lipinski definition) is 0. The Hall–Kier alpha value is -2.25. The van der Waals surface area contributed by atoms with Crippen LogP contribution < -0.4 is 0 Å². The van der Waals surface area contributed by atoms with Gasteiger partial charge >= 0.3 is 11.9 Å². The second-order valence-corrected chi connectivity index (χ2v) is 8.92. The second kappa shape index (κ2) is 9.80. The molecule has 1 unspecified atom stereocenters. The quantitative estimate of drug-likeness (QED) is 0.307. The molecule has 0 N–H and O–H groups in total. The third-order valence-corrected chi connectivity index (χ3v) is 5.20. The van der Waals surface area contributed by atoms with Crippen LogP contribution in [0.25, 0.3) is 10.4 Å². The maximum atomic E-state index is 11.8. The number of nitrogens with zero attached hydrogens (tertiary/aromatic N) is 1. The maximum absolute atomic E-state index is 11.8. The highest BCUT2D eigenvalue weighted by Gasteiger charge is 2.23. The van der Waals surface area contributed by atoms with Crippen LogP contribution in [0, 0.1) is 10.3 Å². The van der Waals surface area contributed by atoms with Crippen LogP contribution in [0.4, 0.5) is 0 Å². The summed E-state index contributed by atoms with van der Waals surface area (Å²) in [6, 6.07) is 10.5. The Labute approximate surface area is 172 Å². The molecule has 0 fully saturated rings. The van der Waals surface area contributed by atoms with Crippen LogP contribution in [-0.4, -0.2) is 18.7 Å². The lowest BCUT2D eigenvalue weighted by Gasteiger charge is -2.16. The molecule has 0 aliphatic carbocycles. The van der Waals surface area contributed by atoms with Crippen LogP contribution in [0.15, 0.2) is 41.6 Å². The van der Waals surface area contributed by atoms with Crippen molar-refractivity contribution in [1.29, 1.82) is 0 Å². The van der Waals surface area contributed by atoms with Gasteiger partial charge in [0.2, 0.25) is 6.79 Å². The predicted molar refractivity (Wildman–Crippen MR) is 109 cm³/mol. The summed E-state index contributed by atoms with van der Waals surface area (Å²) in [4.78, 5) is 35.6. The summed E-state index contributed by atoms with van der Waals surface area (Å²) in [5.41, 5.74) is 1.04. The van der Waals surface area contributed by atoms with Crippen molar-refractivity contribution in [3.05, 3.63) is 51.2 Å². The van der Waals surface area contributed by atoms with Gasteiger partial charge in [0.1, 0.15) is 6.04 Å². The Kier molecular flexibility index (Phi) is 7.71. The average Bonchev–Trinajstić information content (AvgIpc) is 3.08. The van der Waals surface area contributed by atoms with Gasteiger partial charge in [-0.25, -0.2) is 0 Å². The molecule has 0 bridgehead atoms. The summed E-state index contributed by atoms with van der Waals surface area (Å²) in [6.45, 7) is 4.67. The van der Waals surface area contributed by atoms with E-state index in [4.69, 9.17) is 21.1 Å². The van der Waals surface area contributed by atoms with Crippen LogP contribution >= 0.6 is 22.9 Å². The Morgan fingerprint density at radius 3 is 2.32 bits per heavy atom. The molecule has 1 aromatic carbocycles. The molecule has 0 saturated heterocycles. The molecule has 0 radical (unpaired) electrons. The van der Waals surface area contributed by atoms with E-state index < -0.39 is 30.2 Å². The van der Waals surface area contributed by atoms with Crippen molar-refractivity contribution in [2.75, 3.05) is 6.79 Å². The molecule has 6 nitrogen and oxygen atoms in total. The number of carbonyl (C=O) groups is 2. The third kappa shape index (κ3) is 6.42. The highest BCUT2D eigenvalue weighted by atomic mass is 35.5. The number of esters is 2. The van der Waals surface area contributed by atoms with Crippen LogP contribution in [0.1, 0.15) is 45.2 Å². The lowest BCUT2D eigenvalue weighted by molar-refractivity contribution is -0.173.